The zero-order chi connectivity index (χ0) is 19.6. The Bertz CT molecular complexity index is 685. The second-order valence-electron chi connectivity index (χ2n) is 8.22. The molecule has 1 aliphatic carbocycles. The maximum absolute atomic E-state index is 11.9. The van der Waals surface area contributed by atoms with Gasteiger partial charge in [-0.3, -0.25) is 5.01 Å². The molecule has 5 heteroatoms. The highest BCUT2D eigenvalue weighted by Gasteiger charge is 2.44. The van der Waals surface area contributed by atoms with Gasteiger partial charge in [0.25, 0.3) is 0 Å². The number of nitrogens with zero attached hydrogens (tertiary/aromatic N) is 2. The average Bonchev–Trinajstić information content (AvgIpc) is 3.08. The zero-order valence-corrected chi connectivity index (χ0v) is 17.0. The fraction of sp³-hybridized carbons (Fsp3) is 0.636. The van der Waals surface area contributed by atoms with E-state index in [9.17, 15) is 4.79 Å². The number of carbonyl (C=O) groups is 1. The Morgan fingerprint density at radius 3 is 2.59 bits per heavy atom. The summed E-state index contributed by atoms with van der Waals surface area (Å²) in [4.78, 5) is 11.9. The summed E-state index contributed by atoms with van der Waals surface area (Å²) in [5.74, 6) is 1.38. The van der Waals surface area contributed by atoms with Gasteiger partial charge in [0, 0.05) is 30.5 Å². The second-order valence-corrected chi connectivity index (χ2v) is 8.22. The van der Waals surface area contributed by atoms with Crippen LogP contribution in [0.2, 0.25) is 0 Å². The van der Waals surface area contributed by atoms with E-state index in [1.807, 2.05) is 19.0 Å². The third kappa shape index (κ3) is 3.75. The van der Waals surface area contributed by atoms with Crippen LogP contribution in [0, 0.1) is 11.3 Å². The van der Waals surface area contributed by atoms with E-state index in [0.717, 1.165) is 37.7 Å². The van der Waals surface area contributed by atoms with Crippen molar-refractivity contribution in [3.63, 3.8) is 0 Å². The van der Waals surface area contributed by atoms with Crippen LogP contribution in [0.15, 0.2) is 29.4 Å². The molecule has 0 saturated heterocycles. The van der Waals surface area contributed by atoms with Gasteiger partial charge in [0.15, 0.2) is 6.23 Å². The van der Waals surface area contributed by atoms with Gasteiger partial charge in [0.05, 0.1) is 0 Å². The van der Waals surface area contributed by atoms with Crippen LogP contribution in [-0.2, 0) is 9.53 Å². The van der Waals surface area contributed by atoms with Crippen LogP contribution < -0.4 is 5.73 Å². The summed E-state index contributed by atoms with van der Waals surface area (Å²) in [5.41, 5.74) is 8.36. The standard InChI is InChI=1S/C22H33N3O2/c1-5-20-25(4)24-21(27-20)17-9-7-16(8-10-17)18-11-12-22(6-2,14-26)19(13-18)15(3)23/h7-10,14-15,18-20H,5-6,11-13,23H2,1-4H3. The van der Waals surface area contributed by atoms with Gasteiger partial charge >= 0.3 is 0 Å². The minimum absolute atomic E-state index is 0.0235. The van der Waals surface area contributed by atoms with E-state index in [-0.39, 0.29) is 23.6 Å². The summed E-state index contributed by atoms with van der Waals surface area (Å²) >= 11 is 0. The number of rotatable bonds is 6. The van der Waals surface area contributed by atoms with Crippen molar-refractivity contribution in [3.05, 3.63) is 35.4 Å². The molecule has 5 unspecified atom stereocenters. The fourth-order valence-corrected chi connectivity index (χ4v) is 4.80. The van der Waals surface area contributed by atoms with Crippen molar-refractivity contribution in [2.75, 3.05) is 7.05 Å². The van der Waals surface area contributed by atoms with Crippen molar-refractivity contribution in [2.24, 2.45) is 22.2 Å². The lowest BCUT2D eigenvalue weighted by molar-refractivity contribution is -0.122. The maximum Gasteiger partial charge on any atom is 0.240 e. The number of benzene rings is 1. The number of hydrogen-bond acceptors (Lipinski definition) is 5. The summed E-state index contributed by atoms with van der Waals surface area (Å²) in [6.45, 7) is 6.25. The van der Waals surface area contributed by atoms with E-state index in [1.165, 1.54) is 11.8 Å². The Kier molecular flexibility index (Phi) is 5.89. The molecule has 1 heterocycles. The smallest absolute Gasteiger partial charge is 0.240 e. The first-order valence-electron chi connectivity index (χ1n) is 10.2. The van der Waals surface area contributed by atoms with Crippen LogP contribution in [0.3, 0.4) is 0 Å². The van der Waals surface area contributed by atoms with Crippen LogP contribution >= 0.6 is 0 Å². The van der Waals surface area contributed by atoms with Crippen LogP contribution in [0.25, 0.3) is 0 Å². The van der Waals surface area contributed by atoms with E-state index in [2.05, 4.69) is 43.2 Å². The molecule has 1 aromatic rings. The molecule has 0 amide bonds. The lowest BCUT2D eigenvalue weighted by atomic mass is 9.60. The predicted octanol–water partition coefficient (Wildman–Crippen LogP) is 3.87. The van der Waals surface area contributed by atoms with Crippen molar-refractivity contribution >= 4 is 12.2 Å². The Morgan fingerprint density at radius 2 is 2.07 bits per heavy atom. The van der Waals surface area contributed by atoms with Gasteiger partial charge in [-0.2, -0.15) is 0 Å². The van der Waals surface area contributed by atoms with E-state index >= 15 is 0 Å². The van der Waals surface area contributed by atoms with Gasteiger partial charge in [0.1, 0.15) is 6.29 Å². The van der Waals surface area contributed by atoms with E-state index in [4.69, 9.17) is 10.5 Å². The minimum Gasteiger partial charge on any atom is -0.451 e. The van der Waals surface area contributed by atoms with Crippen molar-refractivity contribution in [2.45, 2.75) is 71.1 Å². The highest BCUT2D eigenvalue weighted by molar-refractivity contribution is 5.94. The molecule has 1 fully saturated rings. The Morgan fingerprint density at radius 1 is 1.37 bits per heavy atom. The molecule has 27 heavy (non-hydrogen) atoms. The lowest BCUT2D eigenvalue weighted by Gasteiger charge is -2.45. The van der Waals surface area contributed by atoms with Crippen molar-refractivity contribution in [3.8, 4) is 0 Å². The Hall–Kier alpha value is -1.88. The van der Waals surface area contributed by atoms with Crippen LogP contribution in [0.1, 0.15) is 69.9 Å². The molecular formula is C22H33N3O2. The number of aldehydes is 1. The summed E-state index contributed by atoms with van der Waals surface area (Å²) < 4.78 is 5.92. The van der Waals surface area contributed by atoms with Crippen molar-refractivity contribution < 1.29 is 9.53 Å². The first kappa shape index (κ1) is 19.9. The molecule has 2 aliphatic rings. The molecule has 0 bridgehead atoms. The molecule has 2 N–H and O–H groups in total. The van der Waals surface area contributed by atoms with Gasteiger partial charge in [-0.25, -0.2) is 0 Å². The Balaban J connectivity index is 1.74. The highest BCUT2D eigenvalue weighted by atomic mass is 16.5. The van der Waals surface area contributed by atoms with Crippen LogP contribution in [0.4, 0.5) is 0 Å². The normalized spacial score (nSPS) is 32.0. The molecule has 1 aromatic carbocycles. The molecule has 1 saturated carbocycles. The lowest BCUT2D eigenvalue weighted by Crippen LogP contribution is -2.45. The topological polar surface area (TPSA) is 67.9 Å². The fourth-order valence-electron chi connectivity index (χ4n) is 4.80. The quantitative estimate of drug-likeness (QED) is 0.771. The first-order valence-corrected chi connectivity index (χ1v) is 10.2. The number of hydrogen-bond donors (Lipinski definition) is 1. The van der Waals surface area contributed by atoms with E-state index in [0.29, 0.717) is 11.8 Å². The number of carbonyl (C=O) groups excluding carboxylic acids is 1. The summed E-state index contributed by atoms with van der Waals surface area (Å²) in [7, 11) is 1.94. The summed E-state index contributed by atoms with van der Waals surface area (Å²) in [6.07, 6.45) is 5.90. The average molecular weight is 372 g/mol. The largest absolute Gasteiger partial charge is 0.451 e. The minimum atomic E-state index is -0.253. The Labute approximate surface area is 162 Å². The molecule has 0 aromatic heterocycles. The van der Waals surface area contributed by atoms with E-state index < -0.39 is 0 Å². The maximum atomic E-state index is 11.9. The number of ether oxygens (including phenoxy) is 1. The number of hydrazone groups is 1. The highest BCUT2D eigenvalue weighted by Crippen LogP contribution is 2.48. The third-order valence-corrected chi connectivity index (χ3v) is 6.65. The van der Waals surface area contributed by atoms with Gasteiger partial charge in [0.2, 0.25) is 5.90 Å². The number of nitrogens with two attached hydrogens (primary N) is 1. The van der Waals surface area contributed by atoms with Gasteiger partial charge in [-0.05, 0) is 62.1 Å². The molecule has 5 nitrogen and oxygen atoms in total. The molecule has 0 spiro atoms. The molecule has 0 radical (unpaired) electrons. The molecule has 5 atom stereocenters. The molecule has 3 rings (SSSR count). The molecule has 148 valence electrons. The summed E-state index contributed by atoms with van der Waals surface area (Å²) in [6, 6.07) is 8.59. The monoisotopic (exact) mass is 371 g/mol. The van der Waals surface area contributed by atoms with Crippen LogP contribution in [0.5, 0.6) is 0 Å². The van der Waals surface area contributed by atoms with Gasteiger partial charge in [-0.15, -0.1) is 5.10 Å². The SMILES string of the molecule is CCC1OC(c2ccc(C3CCC(C=O)(CC)C(C(C)N)C3)cc2)=NN1C. The first-order chi connectivity index (χ1) is 12.9. The van der Waals surface area contributed by atoms with E-state index in [1.54, 1.807) is 0 Å². The molecule has 1 aliphatic heterocycles. The van der Waals surface area contributed by atoms with Gasteiger partial charge in [-0.1, -0.05) is 26.0 Å². The second kappa shape index (κ2) is 8.01. The van der Waals surface area contributed by atoms with Crippen molar-refractivity contribution in [1.29, 1.82) is 0 Å². The predicted molar refractivity (Wildman–Crippen MR) is 108 cm³/mol. The van der Waals surface area contributed by atoms with Gasteiger partial charge < -0.3 is 15.3 Å². The third-order valence-electron chi connectivity index (χ3n) is 6.65. The molecular weight excluding hydrogens is 338 g/mol. The zero-order valence-electron chi connectivity index (χ0n) is 17.0. The van der Waals surface area contributed by atoms with Crippen molar-refractivity contribution in [1.82, 2.24) is 5.01 Å². The summed E-state index contributed by atoms with van der Waals surface area (Å²) in [5, 5.41) is 6.38. The van der Waals surface area contributed by atoms with Crippen LogP contribution in [-0.4, -0.2) is 36.5 Å².